The fraction of sp³-hybridized carbons (Fsp3) is 0.375. The molecule has 2 aromatic rings. The van der Waals surface area contributed by atoms with Crippen LogP contribution >= 0.6 is 0 Å². The maximum atomic E-state index is 10.8. The lowest BCUT2D eigenvalue weighted by molar-refractivity contribution is -0.138. The number of carboxylic acid groups (broad SMARTS) is 1. The number of aromatic nitrogens is 1. The van der Waals surface area contributed by atoms with Crippen LogP contribution in [0.2, 0.25) is 0 Å². The van der Waals surface area contributed by atoms with E-state index in [1.807, 2.05) is 29.3 Å². The lowest BCUT2D eigenvalue weighted by Crippen LogP contribution is -2.34. The first-order valence-corrected chi connectivity index (χ1v) is 7.27. The van der Waals surface area contributed by atoms with E-state index >= 15 is 0 Å². The zero-order valence-electron chi connectivity index (χ0n) is 11.9. The second-order valence-electron chi connectivity index (χ2n) is 5.36. The van der Waals surface area contributed by atoms with Gasteiger partial charge in [-0.1, -0.05) is 18.2 Å². The number of aliphatic carboxylic acids is 1. The highest BCUT2D eigenvalue weighted by Gasteiger charge is 2.18. The Morgan fingerprint density at radius 2 is 2.00 bits per heavy atom. The van der Waals surface area contributed by atoms with E-state index in [4.69, 9.17) is 5.11 Å². The zero-order chi connectivity index (χ0) is 14.7. The van der Waals surface area contributed by atoms with Crippen LogP contribution in [0.5, 0.6) is 0 Å². The van der Waals surface area contributed by atoms with E-state index in [0.717, 1.165) is 43.5 Å². The molecule has 1 N–H and O–H groups in total. The van der Waals surface area contributed by atoms with Crippen molar-refractivity contribution >= 4 is 22.6 Å². The first-order chi connectivity index (χ1) is 10.2. The molecule has 5 heteroatoms. The van der Waals surface area contributed by atoms with Gasteiger partial charge < -0.3 is 10.0 Å². The second-order valence-corrected chi connectivity index (χ2v) is 5.36. The molecule has 2 heterocycles. The molecule has 5 nitrogen and oxygen atoms in total. The van der Waals surface area contributed by atoms with Gasteiger partial charge in [0.15, 0.2) is 0 Å². The summed E-state index contributed by atoms with van der Waals surface area (Å²) in [4.78, 5) is 19.6. The van der Waals surface area contributed by atoms with Gasteiger partial charge >= 0.3 is 5.97 Å². The molecule has 1 aliphatic rings. The molecule has 1 fully saturated rings. The maximum Gasteiger partial charge on any atom is 0.317 e. The quantitative estimate of drug-likeness (QED) is 0.932. The van der Waals surface area contributed by atoms with Crippen LogP contribution in [0, 0.1) is 0 Å². The Morgan fingerprint density at radius 1 is 1.14 bits per heavy atom. The Bertz CT molecular complexity index is 639. The van der Waals surface area contributed by atoms with Crippen LogP contribution in [-0.2, 0) is 4.79 Å². The number of carbonyl (C=O) groups is 1. The predicted molar refractivity (Wildman–Crippen MR) is 82.6 cm³/mol. The molecule has 1 saturated heterocycles. The van der Waals surface area contributed by atoms with Crippen molar-refractivity contribution in [1.29, 1.82) is 0 Å². The Balaban J connectivity index is 1.81. The van der Waals surface area contributed by atoms with Crippen molar-refractivity contribution in [3.8, 4) is 0 Å². The molecule has 1 aromatic carbocycles. The molecule has 3 rings (SSSR count). The largest absolute Gasteiger partial charge is 0.480 e. The van der Waals surface area contributed by atoms with Gasteiger partial charge in [0.25, 0.3) is 0 Å². The van der Waals surface area contributed by atoms with Gasteiger partial charge in [-0.3, -0.25) is 14.7 Å². The Labute approximate surface area is 123 Å². The summed E-state index contributed by atoms with van der Waals surface area (Å²) in [7, 11) is 0. The van der Waals surface area contributed by atoms with Crippen molar-refractivity contribution in [3.63, 3.8) is 0 Å². The summed E-state index contributed by atoms with van der Waals surface area (Å²) in [5, 5.41) is 10.1. The molecule has 1 aromatic heterocycles. The molecule has 0 aliphatic carbocycles. The van der Waals surface area contributed by atoms with E-state index in [-0.39, 0.29) is 6.54 Å². The number of benzene rings is 1. The van der Waals surface area contributed by atoms with Gasteiger partial charge in [0, 0.05) is 43.4 Å². The Hall–Kier alpha value is -2.14. The molecule has 0 bridgehead atoms. The van der Waals surface area contributed by atoms with Crippen molar-refractivity contribution < 1.29 is 9.90 Å². The van der Waals surface area contributed by atoms with Crippen molar-refractivity contribution in [2.24, 2.45) is 0 Å². The van der Waals surface area contributed by atoms with E-state index < -0.39 is 5.97 Å². The molecular weight excluding hydrogens is 266 g/mol. The van der Waals surface area contributed by atoms with Crippen molar-refractivity contribution in [3.05, 3.63) is 36.5 Å². The normalized spacial score (nSPS) is 16.9. The predicted octanol–water partition coefficient (Wildman–Crippen LogP) is 1.83. The number of rotatable bonds is 3. The lowest BCUT2D eigenvalue weighted by Gasteiger charge is -2.24. The smallest absolute Gasteiger partial charge is 0.317 e. The molecule has 1 aliphatic heterocycles. The average molecular weight is 285 g/mol. The zero-order valence-corrected chi connectivity index (χ0v) is 11.9. The Kier molecular flexibility index (Phi) is 4.01. The van der Waals surface area contributed by atoms with Crippen LogP contribution in [-0.4, -0.2) is 53.7 Å². The molecule has 0 amide bonds. The number of hydrogen-bond acceptors (Lipinski definition) is 4. The number of para-hydroxylation sites is 1. The molecule has 0 atom stereocenters. The maximum absolute atomic E-state index is 10.8. The SMILES string of the molecule is O=C(O)CN1CCCN(c2ccnc3ccccc23)CC1. The van der Waals surface area contributed by atoms with Gasteiger partial charge in [-0.25, -0.2) is 0 Å². The fourth-order valence-electron chi connectivity index (χ4n) is 2.92. The van der Waals surface area contributed by atoms with Crippen LogP contribution in [0.4, 0.5) is 5.69 Å². The molecule has 0 unspecified atom stereocenters. The molecule has 0 saturated carbocycles. The van der Waals surface area contributed by atoms with Crippen LogP contribution in [0.15, 0.2) is 36.5 Å². The first kappa shape index (κ1) is 13.8. The highest BCUT2D eigenvalue weighted by Crippen LogP contribution is 2.25. The standard InChI is InChI=1S/C16H19N3O2/c20-16(21)12-18-8-3-9-19(11-10-18)15-6-7-17-14-5-2-1-4-13(14)15/h1-2,4-7H,3,8-12H2,(H,20,21). The minimum atomic E-state index is -0.752. The van der Waals surface area contributed by atoms with Gasteiger partial charge in [0.2, 0.25) is 0 Å². The van der Waals surface area contributed by atoms with Gasteiger partial charge in [0.1, 0.15) is 0 Å². The minimum Gasteiger partial charge on any atom is -0.480 e. The summed E-state index contributed by atoms with van der Waals surface area (Å²) in [6.45, 7) is 3.55. The summed E-state index contributed by atoms with van der Waals surface area (Å²) < 4.78 is 0. The monoisotopic (exact) mass is 285 g/mol. The number of pyridine rings is 1. The fourth-order valence-corrected chi connectivity index (χ4v) is 2.92. The Morgan fingerprint density at radius 3 is 2.86 bits per heavy atom. The summed E-state index contributed by atoms with van der Waals surface area (Å²) in [5.74, 6) is -0.752. The van der Waals surface area contributed by atoms with E-state index in [9.17, 15) is 4.79 Å². The van der Waals surface area contributed by atoms with Gasteiger partial charge in [-0.05, 0) is 18.6 Å². The third kappa shape index (κ3) is 3.13. The first-order valence-electron chi connectivity index (χ1n) is 7.27. The van der Waals surface area contributed by atoms with Crippen LogP contribution in [0.25, 0.3) is 10.9 Å². The third-order valence-electron chi connectivity index (χ3n) is 3.91. The molecule has 0 spiro atoms. The van der Waals surface area contributed by atoms with Gasteiger partial charge in [-0.15, -0.1) is 0 Å². The van der Waals surface area contributed by atoms with Gasteiger partial charge in [0.05, 0.1) is 12.1 Å². The highest BCUT2D eigenvalue weighted by molar-refractivity contribution is 5.91. The van der Waals surface area contributed by atoms with Crippen molar-refractivity contribution in [1.82, 2.24) is 9.88 Å². The number of carboxylic acids is 1. The van der Waals surface area contributed by atoms with Crippen LogP contribution in [0.1, 0.15) is 6.42 Å². The molecule has 0 radical (unpaired) electrons. The van der Waals surface area contributed by atoms with Crippen molar-refractivity contribution in [2.75, 3.05) is 37.6 Å². The topological polar surface area (TPSA) is 56.7 Å². The van der Waals surface area contributed by atoms with E-state index in [1.165, 1.54) is 5.69 Å². The number of fused-ring (bicyclic) bond motifs is 1. The number of anilines is 1. The van der Waals surface area contributed by atoms with Crippen molar-refractivity contribution in [2.45, 2.75) is 6.42 Å². The second kappa shape index (κ2) is 6.10. The van der Waals surface area contributed by atoms with Crippen LogP contribution < -0.4 is 4.90 Å². The molecule has 21 heavy (non-hydrogen) atoms. The summed E-state index contributed by atoms with van der Waals surface area (Å²) in [6.07, 6.45) is 2.82. The minimum absolute atomic E-state index is 0.130. The molecular formula is C16H19N3O2. The summed E-state index contributed by atoms with van der Waals surface area (Å²) >= 11 is 0. The summed E-state index contributed by atoms with van der Waals surface area (Å²) in [6, 6.07) is 10.2. The number of nitrogens with zero attached hydrogens (tertiary/aromatic N) is 3. The van der Waals surface area contributed by atoms with E-state index in [1.54, 1.807) is 0 Å². The summed E-state index contributed by atoms with van der Waals surface area (Å²) in [5.41, 5.74) is 2.19. The van der Waals surface area contributed by atoms with Crippen LogP contribution in [0.3, 0.4) is 0 Å². The third-order valence-corrected chi connectivity index (χ3v) is 3.91. The number of hydrogen-bond donors (Lipinski definition) is 1. The van der Waals surface area contributed by atoms with Gasteiger partial charge in [-0.2, -0.15) is 0 Å². The van der Waals surface area contributed by atoms with E-state index in [0.29, 0.717) is 0 Å². The van der Waals surface area contributed by atoms with E-state index in [2.05, 4.69) is 22.0 Å². The molecule has 110 valence electrons. The lowest BCUT2D eigenvalue weighted by atomic mass is 10.1. The average Bonchev–Trinajstić information content (AvgIpc) is 2.71. The highest BCUT2D eigenvalue weighted by atomic mass is 16.4.